The zero-order valence-corrected chi connectivity index (χ0v) is 14.0. The van der Waals surface area contributed by atoms with Crippen molar-refractivity contribution in [3.8, 4) is 0 Å². The Morgan fingerprint density at radius 3 is 2.47 bits per heavy atom. The van der Waals surface area contributed by atoms with Gasteiger partial charge in [0, 0.05) is 20.3 Å². The summed E-state index contributed by atoms with van der Waals surface area (Å²) in [6, 6.07) is 2.74. The van der Waals surface area contributed by atoms with Gasteiger partial charge in [-0.2, -0.15) is 0 Å². The van der Waals surface area contributed by atoms with Gasteiger partial charge in [-0.3, -0.25) is 0 Å². The minimum Gasteiger partial charge on any atom is -0.309 e. The molecule has 0 amide bonds. The number of nitrogens with one attached hydrogen (secondary N) is 1. The molecule has 0 saturated carbocycles. The van der Waals surface area contributed by atoms with Crippen LogP contribution >= 0.6 is 27.3 Å². The van der Waals surface area contributed by atoms with E-state index in [2.05, 4.69) is 61.9 Å². The summed E-state index contributed by atoms with van der Waals surface area (Å²) in [4.78, 5) is 2.82. The van der Waals surface area contributed by atoms with E-state index in [0.717, 1.165) is 6.54 Å². The van der Waals surface area contributed by atoms with Gasteiger partial charge in [-0.05, 0) is 53.7 Å². The molecule has 1 atom stereocenters. The smallest absolute Gasteiger partial charge is 0.0467 e. The maximum absolute atomic E-state index is 3.71. The average Bonchev–Trinajstić information content (AvgIpc) is 2.59. The quantitative estimate of drug-likeness (QED) is 0.751. The maximum atomic E-state index is 3.71. The standard InChI is InChI=1S/C14H24BrNS/c1-6-8-16-13(14(4,5)7-2)12-9-11(15)10(3)17-12/h9,13,16H,6-8H2,1-5H3. The number of halogens is 1. The van der Waals surface area contributed by atoms with E-state index in [1.807, 2.05) is 11.3 Å². The van der Waals surface area contributed by atoms with Crippen LogP contribution in [0, 0.1) is 12.3 Å². The van der Waals surface area contributed by atoms with Crippen LogP contribution in [0.15, 0.2) is 10.5 Å². The molecule has 1 nitrogen and oxygen atoms in total. The van der Waals surface area contributed by atoms with E-state index < -0.39 is 0 Å². The lowest BCUT2D eigenvalue weighted by atomic mass is 9.81. The van der Waals surface area contributed by atoms with E-state index in [-0.39, 0.29) is 0 Å². The fourth-order valence-electron chi connectivity index (χ4n) is 1.88. The van der Waals surface area contributed by atoms with Crippen LogP contribution in [0.25, 0.3) is 0 Å². The van der Waals surface area contributed by atoms with Crippen LogP contribution in [0.3, 0.4) is 0 Å². The molecule has 1 rings (SSSR count). The summed E-state index contributed by atoms with van der Waals surface area (Å²) < 4.78 is 1.24. The Bertz CT molecular complexity index is 338. The SMILES string of the molecule is CCCNC(c1cc(Br)c(C)s1)C(C)(C)CC. The van der Waals surface area contributed by atoms with E-state index in [0.29, 0.717) is 11.5 Å². The first kappa shape index (κ1) is 15.2. The van der Waals surface area contributed by atoms with Gasteiger partial charge in [0.05, 0.1) is 0 Å². The van der Waals surface area contributed by atoms with Crippen LogP contribution in [-0.4, -0.2) is 6.54 Å². The number of aryl methyl sites for hydroxylation is 1. The molecule has 1 heterocycles. The molecule has 0 radical (unpaired) electrons. The summed E-state index contributed by atoms with van der Waals surface area (Å²) in [5.41, 5.74) is 0.298. The molecule has 1 aromatic heterocycles. The van der Waals surface area contributed by atoms with Crippen molar-refractivity contribution in [2.24, 2.45) is 5.41 Å². The van der Waals surface area contributed by atoms with Gasteiger partial charge in [-0.1, -0.05) is 27.7 Å². The topological polar surface area (TPSA) is 12.0 Å². The van der Waals surface area contributed by atoms with Crippen molar-refractivity contribution in [2.75, 3.05) is 6.54 Å². The largest absolute Gasteiger partial charge is 0.309 e. The average molecular weight is 318 g/mol. The molecule has 0 spiro atoms. The summed E-state index contributed by atoms with van der Waals surface area (Å²) in [7, 11) is 0. The van der Waals surface area contributed by atoms with Crippen molar-refractivity contribution in [1.29, 1.82) is 0 Å². The summed E-state index contributed by atoms with van der Waals surface area (Å²) in [6.45, 7) is 12.5. The van der Waals surface area contributed by atoms with Gasteiger partial charge in [0.25, 0.3) is 0 Å². The molecule has 0 saturated heterocycles. The molecule has 0 bridgehead atoms. The molecule has 1 unspecified atom stereocenters. The highest BCUT2D eigenvalue weighted by atomic mass is 79.9. The molecule has 0 aliphatic carbocycles. The second-order valence-electron chi connectivity index (χ2n) is 5.28. The van der Waals surface area contributed by atoms with Gasteiger partial charge in [0.15, 0.2) is 0 Å². The Labute approximate surface area is 118 Å². The van der Waals surface area contributed by atoms with Crippen LogP contribution in [-0.2, 0) is 0 Å². The third kappa shape index (κ3) is 3.80. The minimum atomic E-state index is 0.298. The van der Waals surface area contributed by atoms with E-state index in [1.54, 1.807) is 0 Å². The summed E-state index contributed by atoms with van der Waals surface area (Å²) >= 11 is 5.53. The van der Waals surface area contributed by atoms with Crippen molar-refractivity contribution in [3.05, 3.63) is 20.3 Å². The van der Waals surface area contributed by atoms with Crippen molar-refractivity contribution in [2.45, 2.75) is 53.5 Å². The Hall–Kier alpha value is 0.140. The lowest BCUT2D eigenvalue weighted by Crippen LogP contribution is -2.33. The molecule has 1 aromatic rings. The lowest BCUT2D eigenvalue weighted by molar-refractivity contribution is 0.238. The van der Waals surface area contributed by atoms with Gasteiger partial charge in [-0.25, -0.2) is 0 Å². The first-order valence-electron chi connectivity index (χ1n) is 6.41. The molecule has 1 N–H and O–H groups in total. The third-order valence-corrected chi connectivity index (χ3v) is 5.65. The number of rotatable bonds is 6. The van der Waals surface area contributed by atoms with E-state index in [9.17, 15) is 0 Å². The number of hydrogen-bond acceptors (Lipinski definition) is 2. The summed E-state index contributed by atoms with van der Waals surface area (Å²) in [6.07, 6.45) is 2.37. The highest BCUT2D eigenvalue weighted by Gasteiger charge is 2.30. The van der Waals surface area contributed by atoms with Gasteiger partial charge < -0.3 is 5.32 Å². The minimum absolute atomic E-state index is 0.298. The summed E-state index contributed by atoms with van der Waals surface area (Å²) in [5, 5.41) is 3.71. The summed E-state index contributed by atoms with van der Waals surface area (Å²) in [5.74, 6) is 0. The first-order valence-corrected chi connectivity index (χ1v) is 8.02. The van der Waals surface area contributed by atoms with Crippen LogP contribution in [0.4, 0.5) is 0 Å². The van der Waals surface area contributed by atoms with Gasteiger partial charge in [0.2, 0.25) is 0 Å². The second-order valence-corrected chi connectivity index (χ2v) is 7.42. The molecule has 0 aliphatic rings. The molecule has 98 valence electrons. The van der Waals surface area contributed by atoms with Crippen LogP contribution in [0.5, 0.6) is 0 Å². The Kier molecular flexibility index (Phi) is 5.68. The molecular formula is C14H24BrNS. The maximum Gasteiger partial charge on any atom is 0.0467 e. The zero-order valence-electron chi connectivity index (χ0n) is 11.6. The normalized spacial score (nSPS) is 14.0. The fourth-order valence-corrected chi connectivity index (χ4v) is 3.73. The van der Waals surface area contributed by atoms with E-state index in [4.69, 9.17) is 0 Å². The molecule has 0 aliphatic heterocycles. The molecule has 3 heteroatoms. The van der Waals surface area contributed by atoms with Crippen molar-refractivity contribution in [3.63, 3.8) is 0 Å². The van der Waals surface area contributed by atoms with Gasteiger partial charge in [0.1, 0.15) is 0 Å². The van der Waals surface area contributed by atoms with Crippen LogP contribution in [0.2, 0.25) is 0 Å². The third-order valence-electron chi connectivity index (χ3n) is 3.45. The van der Waals surface area contributed by atoms with E-state index >= 15 is 0 Å². The highest BCUT2D eigenvalue weighted by Crippen LogP contribution is 2.41. The highest BCUT2D eigenvalue weighted by molar-refractivity contribution is 9.10. The monoisotopic (exact) mass is 317 g/mol. The van der Waals surface area contributed by atoms with Crippen molar-refractivity contribution < 1.29 is 0 Å². The van der Waals surface area contributed by atoms with Gasteiger partial charge >= 0.3 is 0 Å². The van der Waals surface area contributed by atoms with Gasteiger partial charge in [-0.15, -0.1) is 11.3 Å². The molecule has 17 heavy (non-hydrogen) atoms. The van der Waals surface area contributed by atoms with Crippen molar-refractivity contribution >= 4 is 27.3 Å². The molecule has 0 aromatic carbocycles. The predicted molar refractivity (Wildman–Crippen MR) is 81.9 cm³/mol. The predicted octanol–water partition coefficient (Wildman–Crippen LogP) is 5.30. The fraction of sp³-hybridized carbons (Fsp3) is 0.714. The number of thiophene rings is 1. The number of hydrogen-bond donors (Lipinski definition) is 1. The first-order chi connectivity index (χ1) is 7.92. The zero-order chi connectivity index (χ0) is 13.1. The van der Waals surface area contributed by atoms with Crippen LogP contribution in [0.1, 0.15) is 56.3 Å². The Morgan fingerprint density at radius 1 is 1.41 bits per heavy atom. The lowest BCUT2D eigenvalue weighted by Gasteiger charge is -2.33. The molecule has 0 fully saturated rings. The van der Waals surface area contributed by atoms with E-state index in [1.165, 1.54) is 27.1 Å². The van der Waals surface area contributed by atoms with Crippen LogP contribution < -0.4 is 5.32 Å². The Morgan fingerprint density at radius 2 is 2.06 bits per heavy atom. The van der Waals surface area contributed by atoms with Crippen molar-refractivity contribution in [1.82, 2.24) is 5.32 Å². The Balaban J connectivity index is 2.97. The second kappa shape index (κ2) is 6.35. The molecular weight excluding hydrogens is 294 g/mol.